The molecule has 0 fully saturated rings. The number of rotatable bonds is 36. The molecule has 0 aromatic carbocycles. The van der Waals surface area contributed by atoms with Crippen LogP contribution in [-0.4, -0.2) is 98.3 Å². The van der Waals surface area contributed by atoms with Gasteiger partial charge in [0.25, 0.3) is 0 Å². The summed E-state index contributed by atoms with van der Waals surface area (Å²) in [6, 6.07) is 0. The van der Waals surface area contributed by atoms with E-state index in [0.29, 0.717) is 125 Å². The molecule has 0 aromatic heterocycles. The summed E-state index contributed by atoms with van der Waals surface area (Å²) in [4.78, 5) is 196. The molecule has 754 valence electrons. The van der Waals surface area contributed by atoms with E-state index in [4.69, 9.17) is 0 Å². The van der Waals surface area contributed by atoms with Crippen LogP contribution in [0.15, 0.2) is 0 Å². The summed E-state index contributed by atoms with van der Waals surface area (Å²) < 4.78 is 0. The van der Waals surface area contributed by atoms with Crippen molar-refractivity contribution < 1.29 is 81.5 Å². The van der Waals surface area contributed by atoms with E-state index in [0.717, 1.165) is 0 Å². The lowest BCUT2D eigenvalue weighted by atomic mass is 9.75. The van der Waals surface area contributed by atoms with Crippen molar-refractivity contribution in [1.82, 2.24) is 0 Å². The molecule has 7 atom stereocenters. The van der Waals surface area contributed by atoms with Crippen LogP contribution in [0.25, 0.3) is 0 Å². The largest absolute Gasteiger partial charge is 0.300 e. The average Bonchev–Trinajstić information content (AvgIpc) is 0.847. The van der Waals surface area contributed by atoms with Crippen LogP contribution in [0.5, 0.6) is 0 Å². The molecular weight excluding hydrogens is 1610 g/mol. The van der Waals surface area contributed by atoms with Gasteiger partial charge < -0.3 is 0 Å². The zero-order chi connectivity index (χ0) is 105. The minimum absolute atomic E-state index is 0.0222. The van der Waals surface area contributed by atoms with E-state index >= 15 is 0 Å². The molecule has 7 unspecified atom stereocenters. The maximum absolute atomic E-state index is 12.2. The highest BCUT2D eigenvalue weighted by atomic mass is 16.2. The summed E-state index contributed by atoms with van der Waals surface area (Å²) >= 11 is 0. The molecule has 0 spiro atoms. The fourth-order valence-electron chi connectivity index (χ4n) is 11.5. The van der Waals surface area contributed by atoms with E-state index in [1.807, 2.05) is 367 Å². The van der Waals surface area contributed by atoms with E-state index in [1.165, 1.54) is 0 Å². The molecule has 17 nitrogen and oxygen atoms in total. The Morgan fingerprint density at radius 1 is 0.180 bits per heavy atom. The van der Waals surface area contributed by atoms with Crippen molar-refractivity contribution in [1.29, 1.82) is 0 Å². The third-order valence-corrected chi connectivity index (χ3v) is 22.4. The molecule has 0 aliphatic carbocycles. The molecule has 0 saturated carbocycles. The number of carbonyl (C=O) groups excluding carboxylic acids is 17. The first-order valence-electron chi connectivity index (χ1n) is 48.6. The predicted octanol–water partition coefficient (Wildman–Crippen LogP) is 28.2. The summed E-state index contributed by atoms with van der Waals surface area (Å²) in [5.74, 6) is 5.30. The van der Waals surface area contributed by atoms with Crippen molar-refractivity contribution in [2.24, 2.45) is 143 Å². The molecule has 0 radical (unpaired) electrons. The van der Waals surface area contributed by atoms with E-state index in [1.54, 1.807) is 0 Å². The van der Waals surface area contributed by atoms with Crippen LogP contribution in [0, 0.1) is 143 Å². The number of hydrogen-bond donors (Lipinski definition) is 0. The van der Waals surface area contributed by atoms with Crippen LogP contribution < -0.4 is 0 Å². The molecule has 0 heterocycles. The minimum Gasteiger partial charge on any atom is -0.300 e. The van der Waals surface area contributed by atoms with E-state index < -0.39 is 0 Å². The van der Waals surface area contributed by atoms with E-state index in [-0.39, 0.29) is 206 Å². The second kappa shape index (κ2) is 65.1. The molecule has 0 aromatic rings. The van der Waals surface area contributed by atoms with Crippen LogP contribution in [-0.2, 0) is 81.5 Å². The highest BCUT2D eigenvalue weighted by molar-refractivity contribution is 5.95. The summed E-state index contributed by atoms with van der Waals surface area (Å²) in [5, 5.41) is 0. The third kappa shape index (κ3) is 72.9. The van der Waals surface area contributed by atoms with Gasteiger partial charge in [-0.15, -0.1) is 0 Å². The van der Waals surface area contributed by atoms with Gasteiger partial charge in [-0.2, -0.15) is 0 Å². The molecule has 0 aliphatic rings. The molecule has 0 rings (SSSR count). The lowest BCUT2D eigenvalue weighted by Crippen LogP contribution is -2.33. The Hall–Kier alpha value is -5.61. The topological polar surface area (TPSA) is 290 Å². The fraction of sp³-hybridized carbons (Fsp3) is 0.847. The fourth-order valence-corrected chi connectivity index (χ4v) is 11.5. The Morgan fingerprint density at radius 2 is 0.422 bits per heavy atom. The molecule has 0 N–H and O–H groups in total. The lowest BCUT2D eigenvalue weighted by molar-refractivity contribution is -0.135. The van der Waals surface area contributed by atoms with Gasteiger partial charge in [0.15, 0.2) is 0 Å². The summed E-state index contributed by atoms with van der Waals surface area (Å²) in [6.07, 6.45) is 6.22. The van der Waals surface area contributed by atoms with Crippen molar-refractivity contribution in [2.45, 2.75) is 471 Å². The third-order valence-electron chi connectivity index (χ3n) is 22.4. The SMILES string of the molecule is CC(C)C(=O)C(C)(C)C.CC(C)C(=O)CC(C(=O)C(C)(C)C)C(C)C.CC(C)C(=O)CCC(=O)C(C)(C)C.CC(C)C(C)C(=O)C(C)(C)C.CC(C)C(C)C(=O)CCC(=O)C(C)(C)C.CC(CC(=O)C(C)C(C)C)C(=O)C(C)(C)C.CCC(=O)C(C)(C)C.CCC(=O)CC(C(=O)C(C)(C)C)C(C)C.CCC(=O)CC(C)C(=O)C(C)(C)C.CCC(=O)CCC(=O)C(C)(C)C. The first kappa shape index (κ1) is 143. The number of Topliss-reactive ketones (excluding diaryl/α,β-unsaturated/α-hetero) is 17. The first-order chi connectivity index (χ1) is 56.5. The summed E-state index contributed by atoms with van der Waals surface area (Å²) in [5.41, 5.74) is -2.76. The predicted molar refractivity (Wildman–Crippen MR) is 539 cm³/mol. The smallest absolute Gasteiger partial charge is 0.141 e. The van der Waals surface area contributed by atoms with Gasteiger partial charge in [-0.25, -0.2) is 0 Å². The van der Waals surface area contributed by atoms with Crippen molar-refractivity contribution in [3.63, 3.8) is 0 Å². The molecule has 0 saturated heterocycles. The molecule has 128 heavy (non-hydrogen) atoms. The maximum atomic E-state index is 12.2. The monoisotopic (exact) mass is 1810 g/mol. The summed E-state index contributed by atoms with van der Waals surface area (Å²) in [6.45, 7) is 106. The minimum atomic E-state index is -0.355. The van der Waals surface area contributed by atoms with E-state index in [2.05, 4.69) is 13.8 Å². The first-order valence-corrected chi connectivity index (χ1v) is 48.6. The Labute approximate surface area is 789 Å². The summed E-state index contributed by atoms with van der Waals surface area (Å²) in [7, 11) is 0. The normalized spacial score (nSPS) is 13.6. The van der Waals surface area contributed by atoms with Crippen LogP contribution in [0.2, 0.25) is 0 Å². The van der Waals surface area contributed by atoms with Gasteiger partial charge in [-0.05, 0) is 29.6 Å². The van der Waals surface area contributed by atoms with Crippen molar-refractivity contribution in [2.75, 3.05) is 0 Å². The van der Waals surface area contributed by atoms with Gasteiger partial charge in [0.2, 0.25) is 0 Å². The van der Waals surface area contributed by atoms with Gasteiger partial charge in [0.05, 0.1) is 0 Å². The zero-order valence-electron chi connectivity index (χ0n) is 94.0. The molecule has 0 amide bonds. The van der Waals surface area contributed by atoms with Gasteiger partial charge in [0, 0.05) is 203 Å². The van der Waals surface area contributed by atoms with Gasteiger partial charge in [0.1, 0.15) is 98.3 Å². The zero-order valence-corrected chi connectivity index (χ0v) is 94.0. The van der Waals surface area contributed by atoms with Crippen molar-refractivity contribution in [3.05, 3.63) is 0 Å². The van der Waals surface area contributed by atoms with Crippen molar-refractivity contribution in [3.8, 4) is 0 Å². The van der Waals surface area contributed by atoms with Gasteiger partial charge in [-0.1, -0.05) is 381 Å². The highest BCUT2D eigenvalue weighted by Crippen LogP contribution is 2.33. The second-order valence-electron chi connectivity index (χ2n) is 48.7. The molecular formula is C111H208O17. The Bertz CT molecular complexity index is 3340. The Balaban J connectivity index is -0.000000152. The van der Waals surface area contributed by atoms with E-state index in [9.17, 15) is 81.5 Å². The maximum Gasteiger partial charge on any atom is 0.141 e. The van der Waals surface area contributed by atoms with Crippen molar-refractivity contribution >= 4 is 98.3 Å². The van der Waals surface area contributed by atoms with Crippen LogP contribution in [0.4, 0.5) is 0 Å². The van der Waals surface area contributed by atoms with Gasteiger partial charge >= 0.3 is 0 Å². The number of hydrogen-bond acceptors (Lipinski definition) is 17. The van der Waals surface area contributed by atoms with Crippen LogP contribution >= 0.6 is 0 Å². The van der Waals surface area contributed by atoms with Crippen LogP contribution in [0.1, 0.15) is 471 Å². The Morgan fingerprint density at radius 3 is 0.625 bits per heavy atom. The standard InChI is InChI=1S/2C14H26O2.2C13H24O2.2C11H20O2.C10H18O2.C10H20O.C8H16O.C7H14O/c1-9(2)11(4)12(15)8-10(3)13(16)14(5,6)7;1-9(2)11(8-12(15)10(3)4)13(16)14(5,6)7;1-9(2)10(3)11(14)7-8-12(15)13(4,5)6;1-7-10(14)8-11(9(2)3)12(15)13(4,5)6;1-8(2)9(12)6-7-10(13)11(3,4)5;1-6-9(12)7-8(2)10(13)11(3,4)5;1-5-8(11)6-7-9(12)10(2,3)4;1-7(2)8(3)9(11)10(4,5)6;1-6(2)7(9)8(3,4)5;1-5-6(8)7(2,3)4/h2*9-11H,8H2,1-7H3;9-10H,7-8H2,1-6H3;9,11H,7-8H2,1-6H3;2*8H,6-7H2,1-5H3;5-7H2,1-4H3;7-8H,1-6H3;6H,1-5H3;5H2,1-4H3. The van der Waals surface area contributed by atoms with Gasteiger partial charge in [-0.3, -0.25) is 81.5 Å². The highest BCUT2D eigenvalue weighted by Gasteiger charge is 2.37. The molecule has 17 heteroatoms. The number of carbonyl (C=O) groups is 17. The second-order valence-corrected chi connectivity index (χ2v) is 48.7. The molecule has 0 bridgehead atoms. The lowest BCUT2D eigenvalue weighted by Gasteiger charge is -2.27. The Kier molecular flexibility index (Phi) is 72.6. The molecule has 0 aliphatic heterocycles. The quantitative estimate of drug-likeness (QED) is 0.0563. The average molecular weight is 1810 g/mol. The number of ketones is 17. The van der Waals surface area contributed by atoms with Crippen LogP contribution in [0.3, 0.4) is 0 Å².